The molecular weight excluding hydrogens is 316 g/mol. The van der Waals surface area contributed by atoms with Crippen LogP contribution in [0.25, 0.3) is 0 Å². The van der Waals surface area contributed by atoms with Gasteiger partial charge in [0.2, 0.25) is 5.88 Å². The minimum absolute atomic E-state index is 0.545. The SMILES string of the molecule is CCNC(=NCc1ccnc(OCC)c1)NCc1ccccc1OC. The number of nitrogens with one attached hydrogen (secondary N) is 2. The lowest BCUT2D eigenvalue weighted by Crippen LogP contribution is -2.36. The van der Waals surface area contributed by atoms with Gasteiger partial charge in [-0.1, -0.05) is 18.2 Å². The molecule has 0 aliphatic carbocycles. The van der Waals surface area contributed by atoms with Crippen LogP contribution in [0, 0.1) is 0 Å². The van der Waals surface area contributed by atoms with Gasteiger partial charge in [0.1, 0.15) is 5.75 Å². The van der Waals surface area contributed by atoms with Crippen LogP contribution in [0.4, 0.5) is 0 Å². The molecule has 0 amide bonds. The van der Waals surface area contributed by atoms with Crippen molar-refractivity contribution in [2.45, 2.75) is 26.9 Å². The highest BCUT2D eigenvalue weighted by Crippen LogP contribution is 2.16. The van der Waals surface area contributed by atoms with Crippen molar-refractivity contribution in [1.29, 1.82) is 0 Å². The zero-order chi connectivity index (χ0) is 17.9. The van der Waals surface area contributed by atoms with E-state index in [-0.39, 0.29) is 0 Å². The highest BCUT2D eigenvalue weighted by atomic mass is 16.5. The Bertz CT molecular complexity index is 689. The van der Waals surface area contributed by atoms with Crippen LogP contribution in [0.15, 0.2) is 47.6 Å². The number of ether oxygens (including phenoxy) is 2. The van der Waals surface area contributed by atoms with Gasteiger partial charge in [0, 0.05) is 30.9 Å². The van der Waals surface area contributed by atoms with Crippen molar-refractivity contribution in [3.05, 3.63) is 53.7 Å². The van der Waals surface area contributed by atoms with Gasteiger partial charge in [-0.25, -0.2) is 9.98 Å². The minimum Gasteiger partial charge on any atom is -0.496 e. The van der Waals surface area contributed by atoms with Crippen LogP contribution in [0.2, 0.25) is 0 Å². The lowest BCUT2D eigenvalue weighted by Gasteiger charge is -2.13. The smallest absolute Gasteiger partial charge is 0.213 e. The van der Waals surface area contributed by atoms with E-state index in [9.17, 15) is 0 Å². The molecule has 0 aliphatic heterocycles. The topological polar surface area (TPSA) is 67.8 Å². The Morgan fingerprint density at radius 1 is 1.16 bits per heavy atom. The first-order chi connectivity index (χ1) is 12.3. The van der Waals surface area contributed by atoms with Crippen molar-refractivity contribution < 1.29 is 9.47 Å². The van der Waals surface area contributed by atoms with E-state index >= 15 is 0 Å². The number of para-hydroxylation sites is 1. The second kappa shape index (κ2) is 10.2. The lowest BCUT2D eigenvalue weighted by molar-refractivity contribution is 0.326. The average Bonchev–Trinajstić information content (AvgIpc) is 2.65. The quantitative estimate of drug-likeness (QED) is 0.570. The summed E-state index contributed by atoms with van der Waals surface area (Å²) in [4.78, 5) is 8.80. The van der Waals surface area contributed by atoms with E-state index < -0.39 is 0 Å². The number of rotatable bonds is 8. The first kappa shape index (κ1) is 18.6. The van der Waals surface area contributed by atoms with Crippen molar-refractivity contribution in [3.63, 3.8) is 0 Å². The maximum absolute atomic E-state index is 5.43. The third kappa shape index (κ3) is 5.99. The van der Waals surface area contributed by atoms with E-state index in [1.165, 1.54) is 0 Å². The number of hydrogen-bond acceptors (Lipinski definition) is 4. The van der Waals surface area contributed by atoms with Gasteiger partial charge in [-0.15, -0.1) is 0 Å². The summed E-state index contributed by atoms with van der Waals surface area (Å²) in [5.74, 6) is 2.24. The van der Waals surface area contributed by atoms with E-state index in [2.05, 4.69) is 20.6 Å². The molecule has 2 N–H and O–H groups in total. The normalized spacial score (nSPS) is 11.1. The Hall–Kier alpha value is -2.76. The molecule has 6 nitrogen and oxygen atoms in total. The number of aliphatic imine (C=N–C) groups is 1. The molecule has 0 bridgehead atoms. The van der Waals surface area contributed by atoms with Gasteiger partial charge in [0.15, 0.2) is 5.96 Å². The molecule has 1 heterocycles. The first-order valence-electron chi connectivity index (χ1n) is 8.48. The van der Waals surface area contributed by atoms with Crippen LogP contribution in [0.1, 0.15) is 25.0 Å². The minimum atomic E-state index is 0.545. The molecule has 0 unspecified atom stereocenters. The molecule has 6 heteroatoms. The van der Waals surface area contributed by atoms with Gasteiger partial charge in [-0.2, -0.15) is 0 Å². The maximum atomic E-state index is 5.43. The molecule has 0 spiro atoms. The highest BCUT2D eigenvalue weighted by Gasteiger charge is 2.04. The predicted molar refractivity (Wildman–Crippen MR) is 100 cm³/mol. The molecule has 2 aromatic rings. The molecule has 2 rings (SSSR count). The summed E-state index contributed by atoms with van der Waals surface area (Å²) in [5, 5.41) is 6.59. The summed E-state index contributed by atoms with van der Waals surface area (Å²) in [6, 6.07) is 11.8. The van der Waals surface area contributed by atoms with Gasteiger partial charge >= 0.3 is 0 Å². The fraction of sp³-hybridized carbons (Fsp3) is 0.368. The molecular formula is C19H26N4O2. The van der Waals surface area contributed by atoms with Crippen LogP contribution >= 0.6 is 0 Å². The Balaban J connectivity index is 2.01. The predicted octanol–water partition coefficient (Wildman–Crippen LogP) is 2.74. The first-order valence-corrected chi connectivity index (χ1v) is 8.48. The zero-order valence-electron chi connectivity index (χ0n) is 15.1. The molecule has 1 aromatic carbocycles. The molecule has 25 heavy (non-hydrogen) atoms. The van der Waals surface area contributed by atoms with Crippen LogP contribution in [0.5, 0.6) is 11.6 Å². The summed E-state index contributed by atoms with van der Waals surface area (Å²) in [6.45, 7) is 6.55. The van der Waals surface area contributed by atoms with Gasteiger partial charge in [0.05, 0.1) is 20.3 Å². The molecule has 0 fully saturated rings. The van der Waals surface area contributed by atoms with Crippen LogP contribution in [0.3, 0.4) is 0 Å². The second-order valence-electron chi connectivity index (χ2n) is 5.30. The van der Waals surface area contributed by atoms with Gasteiger partial charge in [-0.3, -0.25) is 0 Å². The monoisotopic (exact) mass is 342 g/mol. The fourth-order valence-electron chi connectivity index (χ4n) is 2.32. The molecule has 0 aliphatic rings. The van der Waals surface area contributed by atoms with E-state index in [1.807, 2.05) is 50.2 Å². The summed E-state index contributed by atoms with van der Waals surface area (Å²) >= 11 is 0. The Labute approximate surface area is 149 Å². The summed E-state index contributed by atoms with van der Waals surface area (Å²) in [7, 11) is 1.68. The summed E-state index contributed by atoms with van der Waals surface area (Å²) in [6.07, 6.45) is 1.74. The lowest BCUT2D eigenvalue weighted by atomic mass is 10.2. The largest absolute Gasteiger partial charge is 0.496 e. The Morgan fingerprint density at radius 3 is 2.76 bits per heavy atom. The number of guanidine groups is 1. The van der Waals surface area contributed by atoms with Crippen molar-refractivity contribution in [2.75, 3.05) is 20.3 Å². The number of nitrogens with zero attached hydrogens (tertiary/aromatic N) is 2. The maximum Gasteiger partial charge on any atom is 0.213 e. The third-order valence-electron chi connectivity index (χ3n) is 3.49. The van der Waals surface area contributed by atoms with E-state index in [0.717, 1.165) is 29.4 Å². The number of benzene rings is 1. The van der Waals surface area contributed by atoms with Crippen LogP contribution in [-0.4, -0.2) is 31.2 Å². The van der Waals surface area contributed by atoms with Gasteiger partial charge in [-0.05, 0) is 31.5 Å². The Kier molecular flexibility index (Phi) is 7.56. The van der Waals surface area contributed by atoms with Crippen molar-refractivity contribution in [2.24, 2.45) is 4.99 Å². The number of aromatic nitrogens is 1. The van der Waals surface area contributed by atoms with E-state index in [0.29, 0.717) is 25.6 Å². The fourth-order valence-corrected chi connectivity index (χ4v) is 2.32. The van der Waals surface area contributed by atoms with E-state index in [4.69, 9.17) is 9.47 Å². The van der Waals surface area contributed by atoms with Gasteiger partial charge in [0.25, 0.3) is 0 Å². The van der Waals surface area contributed by atoms with Crippen LogP contribution in [-0.2, 0) is 13.1 Å². The number of hydrogen-bond donors (Lipinski definition) is 2. The standard InChI is InChI=1S/C19H26N4O2/c1-4-20-19(23-14-16-8-6-7-9-17(16)24-3)22-13-15-10-11-21-18(12-15)25-5-2/h6-12H,4-5,13-14H2,1-3H3,(H2,20,22,23). The molecule has 0 atom stereocenters. The highest BCUT2D eigenvalue weighted by molar-refractivity contribution is 5.79. The third-order valence-corrected chi connectivity index (χ3v) is 3.49. The molecule has 1 aromatic heterocycles. The molecule has 0 saturated heterocycles. The van der Waals surface area contributed by atoms with Crippen molar-refractivity contribution in [1.82, 2.24) is 15.6 Å². The zero-order valence-corrected chi connectivity index (χ0v) is 15.1. The average molecular weight is 342 g/mol. The number of pyridine rings is 1. The van der Waals surface area contributed by atoms with Crippen LogP contribution < -0.4 is 20.1 Å². The summed E-state index contributed by atoms with van der Waals surface area (Å²) < 4.78 is 10.8. The summed E-state index contributed by atoms with van der Waals surface area (Å²) in [5.41, 5.74) is 2.13. The van der Waals surface area contributed by atoms with Gasteiger partial charge < -0.3 is 20.1 Å². The number of methoxy groups -OCH3 is 1. The molecule has 134 valence electrons. The van der Waals surface area contributed by atoms with Crippen molar-refractivity contribution >= 4 is 5.96 Å². The Morgan fingerprint density at radius 2 is 2.00 bits per heavy atom. The molecule has 0 saturated carbocycles. The van der Waals surface area contributed by atoms with Crippen molar-refractivity contribution in [3.8, 4) is 11.6 Å². The second-order valence-corrected chi connectivity index (χ2v) is 5.30. The molecule has 0 radical (unpaired) electrons. The van der Waals surface area contributed by atoms with E-state index in [1.54, 1.807) is 13.3 Å².